The summed E-state index contributed by atoms with van der Waals surface area (Å²) in [4.78, 5) is 0. The number of hydrogen-bond donors (Lipinski definition) is 2. The Labute approximate surface area is 98.1 Å². The molecule has 0 aromatic rings. The van der Waals surface area contributed by atoms with Crippen LogP contribution in [-0.2, 0) is 0 Å². The van der Waals surface area contributed by atoms with Crippen LogP contribution in [0.4, 0.5) is 0 Å². The zero-order chi connectivity index (χ0) is 11.8. The van der Waals surface area contributed by atoms with Crippen LogP contribution in [-0.4, -0.2) is 21.9 Å². The fourth-order valence-electron chi connectivity index (χ4n) is 5.47. The predicted octanol–water partition coefficient (Wildman–Crippen LogP) is 2.33. The summed E-state index contributed by atoms with van der Waals surface area (Å²) in [6.07, 6.45) is 4.84. The number of aliphatic hydroxyl groups excluding tert-OH is 1. The first-order valence-electron chi connectivity index (χ1n) is 6.77. The molecule has 5 atom stereocenters. The molecule has 0 aromatic heterocycles. The van der Waals surface area contributed by atoms with Crippen molar-refractivity contribution >= 4 is 0 Å². The van der Waals surface area contributed by atoms with E-state index in [1.165, 1.54) is 6.42 Å². The molecule has 2 nitrogen and oxygen atoms in total. The van der Waals surface area contributed by atoms with Gasteiger partial charge >= 0.3 is 0 Å². The van der Waals surface area contributed by atoms with Crippen LogP contribution in [0.25, 0.3) is 0 Å². The summed E-state index contributed by atoms with van der Waals surface area (Å²) < 4.78 is 0. The van der Waals surface area contributed by atoms with Crippen molar-refractivity contribution < 1.29 is 10.2 Å². The van der Waals surface area contributed by atoms with Gasteiger partial charge in [0.25, 0.3) is 0 Å². The maximum Gasteiger partial charge on any atom is 0.102 e. The highest BCUT2D eigenvalue weighted by molar-refractivity contribution is 5.24. The highest BCUT2D eigenvalue weighted by Crippen LogP contribution is 2.73. The molecule has 2 bridgehead atoms. The first-order chi connectivity index (χ1) is 7.36. The lowest BCUT2D eigenvalue weighted by Crippen LogP contribution is -2.66. The SMILES string of the molecule is C[C@@H]1CC[C@@H](O)[C@]2(O)C(C)(C)[C@H]3CC[C@@]12C3. The normalized spacial score (nSPS) is 58.7. The summed E-state index contributed by atoms with van der Waals surface area (Å²) in [5.41, 5.74) is -0.932. The van der Waals surface area contributed by atoms with E-state index in [9.17, 15) is 10.2 Å². The molecule has 16 heavy (non-hydrogen) atoms. The third-order valence-electron chi connectivity index (χ3n) is 6.61. The van der Waals surface area contributed by atoms with Crippen LogP contribution in [0, 0.1) is 22.7 Å². The Hall–Kier alpha value is -0.0800. The molecule has 3 rings (SSSR count). The van der Waals surface area contributed by atoms with Crippen molar-refractivity contribution in [3.05, 3.63) is 0 Å². The Bertz CT molecular complexity index is 325. The van der Waals surface area contributed by atoms with Crippen LogP contribution in [0.2, 0.25) is 0 Å². The number of hydrogen-bond acceptors (Lipinski definition) is 2. The van der Waals surface area contributed by atoms with Gasteiger partial charge < -0.3 is 10.2 Å². The smallest absolute Gasteiger partial charge is 0.102 e. The van der Waals surface area contributed by atoms with Gasteiger partial charge in [-0.25, -0.2) is 0 Å². The highest BCUT2D eigenvalue weighted by Gasteiger charge is 2.75. The first kappa shape index (κ1) is 11.0. The highest BCUT2D eigenvalue weighted by atomic mass is 16.3. The third kappa shape index (κ3) is 0.862. The number of rotatable bonds is 0. The van der Waals surface area contributed by atoms with Crippen LogP contribution in [0.1, 0.15) is 52.9 Å². The van der Waals surface area contributed by atoms with Gasteiger partial charge in [-0.1, -0.05) is 20.8 Å². The van der Waals surface area contributed by atoms with Crippen LogP contribution in [0.15, 0.2) is 0 Å². The molecular formula is C14H24O2. The van der Waals surface area contributed by atoms with E-state index >= 15 is 0 Å². The van der Waals surface area contributed by atoms with Crippen LogP contribution in [0.5, 0.6) is 0 Å². The summed E-state index contributed by atoms with van der Waals surface area (Å²) in [6.45, 7) is 6.61. The number of aliphatic hydroxyl groups is 2. The van der Waals surface area contributed by atoms with Crippen molar-refractivity contribution in [2.24, 2.45) is 22.7 Å². The minimum Gasteiger partial charge on any atom is -0.390 e. The lowest BCUT2D eigenvalue weighted by Gasteiger charge is -2.59. The van der Waals surface area contributed by atoms with E-state index in [-0.39, 0.29) is 10.8 Å². The predicted molar refractivity (Wildman–Crippen MR) is 62.9 cm³/mol. The molecule has 3 aliphatic rings. The molecule has 3 fully saturated rings. The number of fused-ring (bicyclic) bond motifs is 1. The first-order valence-corrected chi connectivity index (χ1v) is 6.77. The minimum atomic E-state index is -0.833. The van der Waals surface area contributed by atoms with Crippen LogP contribution >= 0.6 is 0 Å². The summed E-state index contributed by atoms with van der Waals surface area (Å²) in [6, 6.07) is 0. The van der Waals surface area contributed by atoms with E-state index in [0.717, 1.165) is 25.7 Å². The lowest BCUT2D eigenvalue weighted by atomic mass is 9.50. The van der Waals surface area contributed by atoms with Gasteiger partial charge in [-0.3, -0.25) is 0 Å². The molecule has 0 aromatic carbocycles. The topological polar surface area (TPSA) is 40.5 Å². The van der Waals surface area contributed by atoms with E-state index in [1.807, 2.05) is 0 Å². The van der Waals surface area contributed by atoms with Crippen molar-refractivity contribution in [1.82, 2.24) is 0 Å². The standard InChI is InChI=1S/C14H24O2/c1-9-4-5-11(15)14(16)12(2,3)10-6-7-13(9,14)8-10/h9-11,15-16H,4-8H2,1-3H3/t9-,10+,11-,13-,14+/m1/s1. The maximum atomic E-state index is 11.2. The second-order valence-electron chi connectivity index (χ2n) is 7.08. The van der Waals surface area contributed by atoms with Crippen molar-refractivity contribution in [1.29, 1.82) is 0 Å². The van der Waals surface area contributed by atoms with Gasteiger partial charge in [0.15, 0.2) is 0 Å². The summed E-state index contributed by atoms with van der Waals surface area (Å²) in [5.74, 6) is 1.17. The Balaban J connectivity index is 2.15. The Kier molecular flexibility index (Phi) is 1.96. The van der Waals surface area contributed by atoms with E-state index in [2.05, 4.69) is 20.8 Å². The van der Waals surface area contributed by atoms with E-state index in [1.54, 1.807) is 0 Å². The monoisotopic (exact) mass is 224 g/mol. The van der Waals surface area contributed by atoms with Gasteiger partial charge in [-0.05, 0) is 49.4 Å². The van der Waals surface area contributed by atoms with Gasteiger partial charge in [0, 0.05) is 5.41 Å². The van der Waals surface area contributed by atoms with Gasteiger partial charge in [-0.15, -0.1) is 0 Å². The zero-order valence-corrected chi connectivity index (χ0v) is 10.7. The summed E-state index contributed by atoms with van der Waals surface area (Å²) in [7, 11) is 0. The van der Waals surface area contributed by atoms with Gasteiger partial charge in [0.2, 0.25) is 0 Å². The van der Waals surface area contributed by atoms with E-state index < -0.39 is 11.7 Å². The van der Waals surface area contributed by atoms with Crippen LogP contribution < -0.4 is 0 Å². The molecule has 0 unspecified atom stereocenters. The van der Waals surface area contributed by atoms with Crippen molar-refractivity contribution in [2.75, 3.05) is 0 Å². The molecule has 0 radical (unpaired) electrons. The quantitative estimate of drug-likeness (QED) is 0.663. The summed E-state index contributed by atoms with van der Waals surface area (Å²) in [5, 5.41) is 21.6. The minimum absolute atomic E-state index is 0.0127. The Morgan fingerprint density at radius 1 is 1.12 bits per heavy atom. The molecule has 2 heteroatoms. The van der Waals surface area contributed by atoms with E-state index in [0.29, 0.717) is 11.8 Å². The molecule has 3 saturated carbocycles. The average Bonchev–Trinajstić information content (AvgIpc) is 2.73. The molecule has 0 amide bonds. The maximum absolute atomic E-state index is 11.2. The summed E-state index contributed by atoms with van der Waals surface area (Å²) >= 11 is 0. The van der Waals surface area contributed by atoms with Gasteiger partial charge in [0.05, 0.1) is 6.10 Å². The average molecular weight is 224 g/mol. The van der Waals surface area contributed by atoms with E-state index in [4.69, 9.17) is 0 Å². The molecular weight excluding hydrogens is 200 g/mol. The Morgan fingerprint density at radius 2 is 1.81 bits per heavy atom. The molecule has 0 heterocycles. The largest absolute Gasteiger partial charge is 0.390 e. The van der Waals surface area contributed by atoms with Gasteiger partial charge in [0.1, 0.15) is 5.60 Å². The fraction of sp³-hybridized carbons (Fsp3) is 1.00. The van der Waals surface area contributed by atoms with Gasteiger partial charge in [-0.2, -0.15) is 0 Å². The molecule has 92 valence electrons. The molecule has 0 saturated heterocycles. The van der Waals surface area contributed by atoms with Crippen molar-refractivity contribution in [3.63, 3.8) is 0 Å². The third-order valence-corrected chi connectivity index (χ3v) is 6.61. The second-order valence-corrected chi connectivity index (χ2v) is 7.08. The zero-order valence-electron chi connectivity index (χ0n) is 10.7. The fourth-order valence-corrected chi connectivity index (χ4v) is 5.47. The molecule has 3 aliphatic carbocycles. The molecule has 1 spiro atoms. The molecule has 2 N–H and O–H groups in total. The van der Waals surface area contributed by atoms with Crippen molar-refractivity contribution in [2.45, 2.75) is 64.6 Å². The molecule has 0 aliphatic heterocycles. The lowest BCUT2D eigenvalue weighted by molar-refractivity contribution is -0.242. The van der Waals surface area contributed by atoms with Crippen molar-refractivity contribution in [3.8, 4) is 0 Å². The second kappa shape index (κ2) is 2.84. The van der Waals surface area contributed by atoms with Crippen LogP contribution in [0.3, 0.4) is 0 Å². The Morgan fingerprint density at radius 3 is 2.44 bits per heavy atom.